The molecule has 12 heavy (non-hydrogen) atoms. The van der Waals surface area contributed by atoms with Gasteiger partial charge in [-0.2, -0.15) is 0 Å². The smallest absolute Gasteiger partial charge is 0.322 e. The van der Waals surface area contributed by atoms with E-state index in [0.717, 1.165) is 25.8 Å². The molecule has 0 saturated carbocycles. The summed E-state index contributed by atoms with van der Waals surface area (Å²) in [6, 6.07) is -0.702. The lowest BCUT2D eigenvalue weighted by molar-refractivity contribution is -0.140. The molecule has 70 valence electrons. The number of hydrogen-bond acceptors (Lipinski definition) is 3. The molecular formula is C8H16N2O2. The largest absolute Gasteiger partial charge is 0.480 e. The highest BCUT2D eigenvalue weighted by Gasteiger charge is 2.29. The van der Waals surface area contributed by atoms with Crippen LogP contribution in [-0.2, 0) is 4.79 Å². The van der Waals surface area contributed by atoms with Gasteiger partial charge in [0.15, 0.2) is 0 Å². The number of carboxylic acid groups (broad SMARTS) is 1. The quantitative estimate of drug-likeness (QED) is 0.609. The molecule has 2 unspecified atom stereocenters. The number of nitrogens with two attached hydrogens (primary N) is 1. The Hall–Kier alpha value is -0.610. The first kappa shape index (κ1) is 9.48. The van der Waals surface area contributed by atoms with Gasteiger partial charge in [-0.3, -0.25) is 4.79 Å². The molecule has 4 nitrogen and oxygen atoms in total. The molecule has 0 bridgehead atoms. The molecule has 4 heteroatoms. The van der Waals surface area contributed by atoms with E-state index in [9.17, 15) is 4.79 Å². The first-order valence-corrected chi connectivity index (χ1v) is 4.31. The third kappa shape index (κ3) is 1.95. The summed E-state index contributed by atoms with van der Waals surface area (Å²) in [5.74, 6) is -0.895. The molecule has 1 aliphatic heterocycles. The standard InChI is InChI=1S/C8H16N2O2/c1-10-5-3-2-4-6(10)7(9)8(11)12/h6-7H,2-5,9H2,1H3,(H,11,12). The van der Waals surface area contributed by atoms with Crippen LogP contribution >= 0.6 is 0 Å². The van der Waals surface area contributed by atoms with Crippen LogP contribution in [0.4, 0.5) is 0 Å². The molecule has 0 spiro atoms. The van der Waals surface area contributed by atoms with Crippen LogP contribution < -0.4 is 5.73 Å². The molecule has 2 atom stereocenters. The maximum atomic E-state index is 10.6. The second-order valence-electron chi connectivity index (χ2n) is 3.41. The Morgan fingerprint density at radius 3 is 2.83 bits per heavy atom. The topological polar surface area (TPSA) is 66.6 Å². The fraction of sp³-hybridized carbons (Fsp3) is 0.875. The highest BCUT2D eigenvalue weighted by molar-refractivity contribution is 5.74. The third-order valence-electron chi connectivity index (χ3n) is 2.53. The van der Waals surface area contributed by atoms with Crippen molar-refractivity contribution in [1.29, 1.82) is 0 Å². The number of piperidine rings is 1. The van der Waals surface area contributed by atoms with Crippen LogP contribution in [0.3, 0.4) is 0 Å². The molecule has 0 radical (unpaired) electrons. The number of likely N-dealkylation sites (tertiary alicyclic amines) is 1. The van der Waals surface area contributed by atoms with Crippen LogP contribution in [0.25, 0.3) is 0 Å². The van der Waals surface area contributed by atoms with Crippen LogP contribution in [0.15, 0.2) is 0 Å². The number of likely N-dealkylation sites (N-methyl/N-ethyl adjacent to an activating group) is 1. The van der Waals surface area contributed by atoms with E-state index in [0.29, 0.717) is 0 Å². The fourth-order valence-electron chi connectivity index (χ4n) is 1.72. The number of hydrogen-bond donors (Lipinski definition) is 2. The molecule has 0 aliphatic carbocycles. The molecule has 3 N–H and O–H groups in total. The van der Waals surface area contributed by atoms with E-state index >= 15 is 0 Å². The minimum Gasteiger partial charge on any atom is -0.480 e. The Bertz CT molecular complexity index is 172. The van der Waals surface area contributed by atoms with Crippen molar-refractivity contribution in [3.05, 3.63) is 0 Å². The summed E-state index contributed by atoms with van der Waals surface area (Å²) in [5, 5.41) is 8.70. The Morgan fingerprint density at radius 2 is 2.33 bits per heavy atom. The minimum absolute atomic E-state index is 0.0243. The maximum absolute atomic E-state index is 10.6. The summed E-state index contributed by atoms with van der Waals surface area (Å²) in [7, 11) is 1.94. The van der Waals surface area contributed by atoms with Gasteiger partial charge in [-0.25, -0.2) is 0 Å². The van der Waals surface area contributed by atoms with Crippen molar-refractivity contribution >= 4 is 5.97 Å². The Kier molecular flexibility index (Phi) is 3.05. The van der Waals surface area contributed by atoms with E-state index in [-0.39, 0.29) is 6.04 Å². The molecule has 0 aromatic carbocycles. The van der Waals surface area contributed by atoms with Gasteiger partial charge in [0.25, 0.3) is 0 Å². The summed E-state index contributed by atoms with van der Waals surface area (Å²) >= 11 is 0. The molecular weight excluding hydrogens is 156 g/mol. The highest BCUT2D eigenvalue weighted by Crippen LogP contribution is 2.16. The zero-order chi connectivity index (χ0) is 9.14. The summed E-state index contributed by atoms with van der Waals surface area (Å²) in [6.45, 7) is 0.964. The average Bonchev–Trinajstić information content (AvgIpc) is 2.04. The lowest BCUT2D eigenvalue weighted by Crippen LogP contribution is -2.52. The summed E-state index contributed by atoms with van der Waals surface area (Å²) in [5.41, 5.74) is 5.54. The number of aliphatic carboxylic acids is 1. The lowest BCUT2D eigenvalue weighted by Gasteiger charge is -2.34. The number of rotatable bonds is 2. The van der Waals surface area contributed by atoms with Gasteiger partial charge < -0.3 is 15.7 Å². The van der Waals surface area contributed by atoms with Gasteiger partial charge in [-0.15, -0.1) is 0 Å². The first-order valence-electron chi connectivity index (χ1n) is 4.31. The molecule has 0 aromatic rings. The van der Waals surface area contributed by atoms with Gasteiger partial charge in [0.2, 0.25) is 0 Å². The third-order valence-corrected chi connectivity index (χ3v) is 2.53. The van der Waals surface area contributed by atoms with Crippen molar-refractivity contribution in [2.75, 3.05) is 13.6 Å². The molecule has 1 fully saturated rings. The average molecular weight is 172 g/mol. The van der Waals surface area contributed by atoms with Gasteiger partial charge >= 0.3 is 5.97 Å². The minimum atomic E-state index is -0.895. The van der Waals surface area contributed by atoms with Crippen LogP contribution in [-0.4, -0.2) is 41.7 Å². The van der Waals surface area contributed by atoms with Crippen molar-refractivity contribution in [2.24, 2.45) is 5.73 Å². The molecule has 0 aromatic heterocycles. The highest BCUT2D eigenvalue weighted by atomic mass is 16.4. The maximum Gasteiger partial charge on any atom is 0.322 e. The monoisotopic (exact) mass is 172 g/mol. The Balaban J connectivity index is 2.53. The second-order valence-corrected chi connectivity index (χ2v) is 3.41. The number of nitrogens with zero attached hydrogens (tertiary/aromatic N) is 1. The van der Waals surface area contributed by atoms with E-state index in [1.54, 1.807) is 0 Å². The first-order chi connectivity index (χ1) is 5.63. The van der Waals surface area contributed by atoms with E-state index in [1.807, 2.05) is 11.9 Å². The van der Waals surface area contributed by atoms with Gasteiger partial charge in [-0.05, 0) is 26.4 Å². The Morgan fingerprint density at radius 1 is 1.67 bits per heavy atom. The molecule has 1 heterocycles. The molecule has 0 amide bonds. The number of carbonyl (C=O) groups is 1. The second kappa shape index (κ2) is 3.87. The van der Waals surface area contributed by atoms with Crippen molar-refractivity contribution in [2.45, 2.75) is 31.3 Å². The summed E-state index contributed by atoms with van der Waals surface area (Å²) < 4.78 is 0. The van der Waals surface area contributed by atoms with Crippen LogP contribution in [0.1, 0.15) is 19.3 Å². The van der Waals surface area contributed by atoms with Gasteiger partial charge in [0, 0.05) is 6.04 Å². The normalized spacial score (nSPS) is 28.3. The summed E-state index contributed by atoms with van der Waals surface area (Å²) in [4.78, 5) is 12.6. The van der Waals surface area contributed by atoms with Crippen molar-refractivity contribution in [3.63, 3.8) is 0 Å². The van der Waals surface area contributed by atoms with Crippen molar-refractivity contribution in [3.8, 4) is 0 Å². The molecule has 1 rings (SSSR count). The Labute approximate surface area is 72.3 Å². The van der Waals surface area contributed by atoms with Gasteiger partial charge in [-0.1, -0.05) is 6.42 Å². The van der Waals surface area contributed by atoms with Crippen LogP contribution in [0.5, 0.6) is 0 Å². The molecule has 1 saturated heterocycles. The van der Waals surface area contributed by atoms with E-state index in [1.165, 1.54) is 0 Å². The van der Waals surface area contributed by atoms with E-state index in [4.69, 9.17) is 10.8 Å². The SMILES string of the molecule is CN1CCCCC1C(N)C(=O)O. The van der Waals surface area contributed by atoms with Crippen LogP contribution in [0.2, 0.25) is 0 Å². The van der Waals surface area contributed by atoms with E-state index < -0.39 is 12.0 Å². The fourth-order valence-corrected chi connectivity index (χ4v) is 1.72. The van der Waals surface area contributed by atoms with Gasteiger partial charge in [0.05, 0.1) is 0 Å². The lowest BCUT2D eigenvalue weighted by atomic mass is 9.97. The predicted molar refractivity (Wildman–Crippen MR) is 45.9 cm³/mol. The van der Waals surface area contributed by atoms with Crippen molar-refractivity contribution in [1.82, 2.24) is 4.90 Å². The summed E-state index contributed by atoms with van der Waals surface area (Å²) in [6.07, 6.45) is 3.15. The zero-order valence-electron chi connectivity index (χ0n) is 7.36. The van der Waals surface area contributed by atoms with E-state index in [2.05, 4.69) is 0 Å². The molecule has 1 aliphatic rings. The zero-order valence-corrected chi connectivity index (χ0v) is 7.36. The number of carboxylic acids is 1. The van der Waals surface area contributed by atoms with Crippen LogP contribution in [0, 0.1) is 0 Å². The van der Waals surface area contributed by atoms with Crippen molar-refractivity contribution < 1.29 is 9.90 Å². The van der Waals surface area contributed by atoms with Gasteiger partial charge in [0.1, 0.15) is 6.04 Å². The predicted octanol–water partition coefficient (Wildman–Crippen LogP) is -0.117.